The average Bonchev–Trinajstić information content (AvgIpc) is 3.09. The van der Waals surface area contributed by atoms with Crippen molar-refractivity contribution in [2.75, 3.05) is 18.8 Å². The van der Waals surface area contributed by atoms with Gasteiger partial charge < -0.3 is 15.7 Å². The van der Waals surface area contributed by atoms with E-state index in [1.807, 2.05) is 21.6 Å². The van der Waals surface area contributed by atoms with Gasteiger partial charge in [-0.2, -0.15) is 0 Å². The van der Waals surface area contributed by atoms with Crippen molar-refractivity contribution in [2.24, 2.45) is 0 Å². The Balaban J connectivity index is 1.51. The van der Waals surface area contributed by atoms with Gasteiger partial charge in [0.15, 0.2) is 0 Å². The standard InChI is InChI=1S/C17H24N2O3S2/c20-15-7-3-2-6-14(15)17(22)19-11-10-18-16(21)8-4-1-5-13-9-12-23-24-13/h2-3,6-7,13,20H,1,4-5,8-12H2,(H,18,21)(H,19,22). The van der Waals surface area contributed by atoms with Crippen LogP contribution < -0.4 is 10.6 Å². The van der Waals surface area contributed by atoms with Gasteiger partial charge in [-0.1, -0.05) is 40.1 Å². The molecule has 0 aromatic heterocycles. The van der Waals surface area contributed by atoms with Crippen LogP contribution in [0.4, 0.5) is 0 Å². The number of carbonyl (C=O) groups is 2. The van der Waals surface area contributed by atoms with Gasteiger partial charge >= 0.3 is 0 Å². The number of hydrogen-bond donors (Lipinski definition) is 3. The fraction of sp³-hybridized carbons (Fsp3) is 0.529. The molecule has 1 aliphatic heterocycles. The van der Waals surface area contributed by atoms with Crippen molar-refractivity contribution < 1.29 is 14.7 Å². The van der Waals surface area contributed by atoms with Crippen molar-refractivity contribution in [1.82, 2.24) is 10.6 Å². The summed E-state index contributed by atoms with van der Waals surface area (Å²) in [4.78, 5) is 23.6. The van der Waals surface area contributed by atoms with E-state index in [2.05, 4.69) is 10.6 Å². The number of unbranched alkanes of at least 4 members (excludes halogenated alkanes) is 1. The number of phenols is 1. The highest BCUT2D eigenvalue weighted by atomic mass is 33.1. The molecule has 1 heterocycles. The first-order valence-electron chi connectivity index (χ1n) is 8.28. The van der Waals surface area contributed by atoms with Gasteiger partial charge in [-0.3, -0.25) is 9.59 Å². The Kier molecular flexibility index (Phi) is 8.32. The predicted octanol–water partition coefficient (Wildman–Crippen LogP) is 2.95. The molecule has 1 aromatic carbocycles. The van der Waals surface area contributed by atoms with Gasteiger partial charge in [-0.25, -0.2) is 0 Å². The fourth-order valence-electron chi connectivity index (χ4n) is 2.45. The fourth-order valence-corrected chi connectivity index (χ4v) is 5.48. The molecule has 1 aliphatic rings. The molecule has 1 atom stereocenters. The van der Waals surface area contributed by atoms with Gasteiger partial charge in [-0.05, 0) is 31.4 Å². The van der Waals surface area contributed by atoms with Crippen molar-refractivity contribution in [1.29, 1.82) is 0 Å². The van der Waals surface area contributed by atoms with Crippen LogP contribution in [-0.2, 0) is 4.79 Å². The first-order valence-corrected chi connectivity index (χ1v) is 10.7. The molecule has 132 valence electrons. The maximum Gasteiger partial charge on any atom is 0.255 e. The summed E-state index contributed by atoms with van der Waals surface area (Å²) >= 11 is 0. The highest BCUT2D eigenvalue weighted by Crippen LogP contribution is 2.39. The zero-order chi connectivity index (χ0) is 17.2. The maximum atomic E-state index is 11.9. The van der Waals surface area contributed by atoms with Crippen molar-refractivity contribution in [3.63, 3.8) is 0 Å². The van der Waals surface area contributed by atoms with Gasteiger partial charge in [0.1, 0.15) is 5.75 Å². The third kappa shape index (κ3) is 6.65. The third-order valence-electron chi connectivity index (χ3n) is 3.79. The van der Waals surface area contributed by atoms with E-state index in [-0.39, 0.29) is 23.1 Å². The van der Waals surface area contributed by atoms with E-state index < -0.39 is 0 Å². The van der Waals surface area contributed by atoms with Gasteiger partial charge in [0.25, 0.3) is 5.91 Å². The summed E-state index contributed by atoms with van der Waals surface area (Å²) in [5.74, 6) is 0.898. The molecule has 0 saturated carbocycles. The molecule has 0 spiro atoms. The van der Waals surface area contributed by atoms with E-state index in [1.54, 1.807) is 18.2 Å². The molecule has 1 unspecified atom stereocenters. The Labute approximate surface area is 150 Å². The SMILES string of the molecule is O=C(CCCCC1CCSS1)NCCNC(=O)c1ccccc1O. The summed E-state index contributed by atoms with van der Waals surface area (Å²) < 4.78 is 0. The maximum absolute atomic E-state index is 11.9. The number of carbonyl (C=O) groups excluding carboxylic acids is 2. The summed E-state index contributed by atoms with van der Waals surface area (Å²) in [7, 11) is 3.93. The molecule has 2 amide bonds. The molecular formula is C17H24N2O3S2. The van der Waals surface area contributed by atoms with Crippen LogP contribution in [0.1, 0.15) is 42.5 Å². The van der Waals surface area contributed by atoms with Gasteiger partial charge in [0.05, 0.1) is 5.56 Å². The number of amides is 2. The first-order chi connectivity index (χ1) is 11.7. The summed E-state index contributed by atoms with van der Waals surface area (Å²) in [6.07, 6.45) is 5.03. The number of hydrogen-bond acceptors (Lipinski definition) is 5. The Morgan fingerprint density at radius 3 is 2.71 bits per heavy atom. The molecule has 2 rings (SSSR count). The zero-order valence-corrected chi connectivity index (χ0v) is 15.3. The van der Waals surface area contributed by atoms with Gasteiger partial charge in [0, 0.05) is 30.5 Å². The third-order valence-corrected chi connectivity index (χ3v) is 6.80. The first kappa shape index (κ1) is 19.0. The summed E-state index contributed by atoms with van der Waals surface area (Å²) in [6.45, 7) is 0.738. The van der Waals surface area contributed by atoms with Crippen LogP contribution in [0.3, 0.4) is 0 Å². The lowest BCUT2D eigenvalue weighted by Crippen LogP contribution is -2.34. The Morgan fingerprint density at radius 1 is 1.17 bits per heavy atom. The highest BCUT2D eigenvalue weighted by molar-refractivity contribution is 8.77. The number of para-hydroxylation sites is 1. The lowest BCUT2D eigenvalue weighted by Gasteiger charge is -2.09. The minimum absolute atomic E-state index is 0.0280. The van der Waals surface area contributed by atoms with Crippen molar-refractivity contribution >= 4 is 33.4 Å². The molecule has 7 heteroatoms. The average molecular weight is 369 g/mol. The second kappa shape index (κ2) is 10.5. The Hall–Kier alpha value is -1.34. The molecule has 1 saturated heterocycles. The van der Waals surface area contributed by atoms with Crippen molar-refractivity contribution in [2.45, 2.75) is 37.4 Å². The molecule has 24 heavy (non-hydrogen) atoms. The molecule has 5 nitrogen and oxygen atoms in total. The number of rotatable bonds is 9. The van der Waals surface area contributed by atoms with Crippen LogP contribution in [0.5, 0.6) is 5.75 Å². The largest absolute Gasteiger partial charge is 0.507 e. The summed E-state index contributed by atoms with van der Waals surface area (Å²) in [6, 6.07) is 6.39. The molecule has 1 aromatic rings. The lowest BCUT2D eigenvalue weighted by molar-refractivity contribution is -0.121. The number of nitrogens with one attached hydrogen (secondary N) is 2. The Morgan fingerprint density at radius 2 is 1.96 bits per heavy atom. The molecule has 0 aliphatic carbocycles. The monoisotopic (exact) mass is 368 g/mol. The predicted molar refractivity (Wildman–Crippen MR) is 100 cm³/mol. The molecule has 0 radical (unpaired) electrons. The van der Waals surface area contributed by atoms with E-state index in [9.17, 15) is 14.7 Å². The van der Waals surface area contributed by atoms with Gasteiger partial charge in [-0.15, -0.1) is 0 Å². The van der Waals surface area contributed by atoms with Gasteiger partial charge in [0.2, 0.25) is 5.91 Å². The normalized spacial score (nSPS) is 16.8. The van der Waals surface area contributed by atoms with Crippen LogP contribution in [-0.4, -0.2) is 41.0 Å². The van der Waals surface area contributed by atoms with E-state index in [4.69, 9.17) is 0 Å². The quantitative estimate of drug-likeness (QED) is 0.461. The Bertz CT molecular complexity index is 548. The van der Waals surface area contributed by atoms with Crippen LogP contribution in [0.25, 0.3) is 0 Å². The number of aromatic hydroxyl groups is 1. The minimum atomic E-state index is -0.339. The summed E-state index contributed by atoms with van der Waals surface area (Å²) in [5.41, 5.74) is 0.242. The molecule has 3 N–H and O–H groups in total. The van der Waals surface area contributed by atoms with E-state index in [1.165, 1.54) is 24.7 Å². The van der Waals surface area contributed by atoms with E-state index in [0.717, 1.165) is 18.1 Å². The second-order valence-corrected chi connectivity index (χ2v) is 8.49. The topological polar surface area (TPSA) is 78.4 Å². The lowest BCUT2D eigenvalue weighted by atomic mass is 10.1. The number of phenolic OH excluding ortho intramolecular Hbond substituents is 1. The van der Waals surface area contributed by atoms with Crippen LogP contribution in [0.15, 0.2) is 24.3 Å². The zero-order valence-electron chi connectivity index (χ0n) is 13.6. The molecular weight excluding hydrogens is 344 g/mol. The van der Waals surface area contributed by atoms with E-state index in [0.29, 0.717) is 19.5 Å². The van der Waals surface area contributed by atoms with E-state index >= 15 is 0 Å². The molecule has 1 fully saturated rings. The smallest absolute Gasteiger partial charge is 0.255 e. The van der Waals surface area contributed by atoms with Crippen LogP contribution in [0.2, 0.25) is 0 Å². The molecule has 0 bridgehead atoms. The van der Waals surface area contributed by atoms with Crippen LogP contribution in [0, 0.1) is 0 Å². The van der Waals surface area contributed by atoms with Crippen molar-refractivity contribution in [3.8, 4) is 5.75 Å². The van der Waals surface area contributed by atoms with Crippen LogP contribution >= 0.6 is 21.6 Å². The summed E-state index contributed by atoms with van der Waals surface area (Å²) in [5, 5.41) is 15.8. The number of benzene rings is 1. The minimum Gasteiger partial charge on any atom is -0.507 e. The van der Waals surface area contributed by atoms with Crippen molar-refractivity contribution in [3.05, 3.63) is 29.8 Å². The highest BCUT2D eigenvalue weighted by Gasteiger charge is 2.15. The second-order valence-electron chi connectivity index (χ2n) is 5.70.